The second-order valence-corrected chi connectivity index (χ2v) is 18.7. The van der Waals surface area contributed by atoms with Crippen LogP contribution in [0.3, 0.4) is 0 Å². The van der Waals surface area contributed by atoms with Crippen molar-refractivity contribution in [1.29, 1.82) is 0 Å². The summed E-state index contributed by atoms with van der Waals surface area (Å²) in [6.07, 6.45) is 0. The van der Waals surface area contributed by atoms with Crippen molar-refractivity contribution in [3.8, 4) is 11.5 Å². The molecule has 0 aliphatic rings. The fraction of sp³-hybridized carbons (Fsp3) is 0.647. The van der Waals surface area contributed by atoms with Gasteiger partial charge in [0, 0.05) is 22.3 Å². The summed E-state index contributed by atoms with van der Waals surface area (Å²) in [6.45, 7) is 34.7. The Morgan fingerprint density at radius 2 is 0.649 bits per heavy atom. The van der Waals surface area contributed by atoms with Gasteiger partial charge in [-0.1, -0.05) is 104 Å². The Hall–Kier alpha value is -1.53. The molecule has 2 nitrogen and oxygen atoms in total. The summed E-state index contributed by atoms with van der Waals surface area (Å²) in [7, 11) is 2.95. The summed E-state index contributed by atoms with van der Waals surface area (Å²) in [5.74, 6) is 2.07. The fourth-order valence-electron chi connectivity index (χ4n) is 5.08. The molecule has 3 heteroatoms. The average Bonchev–Trinajstić information content (AvgIpc) is 2.69. The van der Waals surface area contributed by atoms with Crippen molar-refractivity contribution in [3.63, 3.8) is 0 Å². The zero-order chi connectivity index (χ0) is 28.9. The van der Waals surface area contributed by atoms with Crippen molar-refractivity contribution >= 4 is 18.5 Å². The lowest BCUT2D eigenvalue weighted by Crippen LogP contribution is -2.31. The first-order valence-corrected chi connectivity index (χ1v) is 15.0. The minimum absolute atomic E-state index is 0.0344. The summed E-state index contributed by atoms with van der Waals surface area (Å²) < 4.78 is 12.2. The summed E-state index contributed by atoms with van der Waals surface area (Å²) >= 11 is 0. The molecule has 0 unspecified atom stereocenters. The van der Waals surface area contributed by atoms with Crippen molar-refractivity contribution < 1.29 is 9.47 Å². The molecule has 0 atom stereocenters. The molecule has 0 aliphatic heterocycles. The second-order valence-electron chi connectivity index (χ2n) is 15.7. The molecule has 2 aromatic rings. The number of benzene rings is 2. The third kappa shape index (κ3) is 6.92. The van der Waals surface area contributed by atoms with Gasteiger partial charge in [0.2, 0.25) is 0 Å². The molecular formula is C34H55O2P. The Labute approximate surface area is 230 Å². The van der Waals surface area contributed by atoms with E-state index in [0.29, 0.717) is 0 Å². The molecule has 2 aromatic carbocycles. The topological polar surface area (TPSA) is 18.5 Å². The van der Waals surface area contributed by atoms with Gasteiger partial charge in [0.25, 0.3) is 0 Å². The number of methoxy groups -OCH3 is 2. The molecule has 2 rings (SSSR count). The second kappa shape index (κ2) is 10.2. The molecule has 0 spiro atoms. The van der Waals surface area contributed by atoms with E-state index < -0.39 is 7.92 Å². The van der Waals surface area contributed by atoms with Crippen LogP contribution in [0.25, 0.3) is 0 Å². The molecule has 0 heterocycles. The molecule has 0 saturated heterocycles. The maximum absolute atomic E-state index is 6.10. The van der Waals surface area contributed by atoms with E-state index in [0.717, 1.165) is 11.5 Å². The molecule has 0 amide bonds. The van der Waals surface area contributed by atoms with E-state index in [1.165, 1.54) is 32.9 Å². The quantitative estimate of drug-likeness (QED) is 0.370. The minimum atomic E-state index is -0.691. The molecule has 208 valence electrons. The van der Waals surface area contributed by atoms with E-state index in [9.17, 15) is 0 Å². The normalized spacial score (nSPS) is 13.8. The molecule has 0 radical (unpaired) electrons. The Bertz CT molecular complexity index is 953. The fourth-order valence-corrected chi connectivity index (χ4v) is 7.96. The predicted octanol–water partition coefficient (Wildman–Crippen LogP) is 9.13. The van der Waals surface area contributed by atoms with Gasteiger partial charge >= 0.3 is 0 Å². The molecule has 0 bridgehead atoms. The molecule has 0 fully saturated rings. The van der Waals surface area contributed by atoms with Crippen molar-refractivity contribution in [2.24, 2.45) is 0 Å². The maximum Gasteiger partial charge on any atom is 0.126 e. The van der Waals surface area contributed by atoms with Crippen molar-refractivity contribution in [2.75, 3.05) is 14.2 Å². The van der Waals surface area contributed by atoms with Gasteiger partial charge in [-0.05, 0) is 69.6 Å². The van der Waals surface area contributed by atoms with Crippen molar-refractivity contribution in [2.45, 2.75) is 131 Å². The summed E-state index contributed by atoms with van der Waals surface area (Å²) in [6, 6.07) is 9.79. The first-order valence-electron chi connectivity index (χ1n) is 13.7. The highest BCUT2D eigenvalue weighted by Crippen LogP contribution is 2.52. The first-order chi connectivity index (χ1) is 16.4. The first kappa shape index (κ1) is 31.7. The molecule has 37 heavy (non-hydrogen) atoms. The van der Waals surface area contributed by atoms with Gasteiger partial charge in [0.15, 0.2) is 0 Å². The number of ether oxygens (including phenoxy) is 2. The summed E-state index contributed by atoms with van der Waals surface area (Å²) in [5, 5.41) is 2.90. The van der Waals surface area contributed by atoms with Crippen LogP contribution < -0.4 is 20.1 Å². The van der Waals surface area contributed by atoms with E-state index in [-0.39, 0.29) is 26.8 Å². The number of rotatable bonds is 4. The van der Waals surface area contributed by atoms with E-state index >= 15 is 0 Å². The van der Waals surface area contributed by atoms with Gasteiger partial charge in [0.1, 0.15) is 11.5 Å². The number of hydrogen-bond donors (Lipinski definition) is 0. The average molecular weight is 527 g/mol. The summed E-state index contributed by atoms with van der Waals surface area (Å²) in [4.78, 5) is 0. The third-order valence-corrected chi connectivity index (χ3v) is 9.87. The minimum Gasteiger partial charge on any atom is -0.496 e. The van der Waals surface area contributed by atoms with Crippen LogP contribution in [0.4, 0.5) is 0 Å². The van der Waals surface area contributed by atoms with Crippen LogP contribution in [-0.2, 0) is 21.7 Å². The lowest BCUT2D eigenvalue weighted by Gasteiger charge is -2.38. The Morgan fingerprint density at radius 3 is 0.784 bits per heavy atom. The Kier molecular flexibility index (Phi) is 8.75. The monoisotopic (exact) mass is 526 g/mol. The van der Waals surface area contributed by atoms with Crippen LogP contribution in [0.2, 0.25) is 0 Å². The van der Waals surface area contributed by atoms with Crippen LogP contribution in [-0.4, -0.2) is 19.4 Å². The summed E-state index contributed by atoms with van der Waals surface area (Å²) in [5.41, 5.74) is 5.01. The lowest BCUT2D eigenvalue weighted by molar-refractivity contribution is 0.381. The lowest BCUT2D eigenvalue weighted by atomic mass is 9.79. The van der Waals surface area contributed by atoms with Gasteiger partial charge in [-0.25, -0.2) is 0 Å². The number of hydrogen-bond acceptors (Lipinski definition) is 2. The van der Waals surface area contributed by atoms with E-state index in [1.807, 2.05) is 14.2 Å². The zero-order valence-electron chi connectivity index (χ0n) is 27.1. The van der Waals surface area contributed by atoms with Gasteiger partial charge < -0.3 is 9.47 Å². The van der Waals surface area contributed by atoms with Gasteiger partial charge in [-0.2, -0.15) is 0 Å². The van der Waals surface area contributed by atoms with E-state index in [1.54, 1.807) is 0 Å². The molecule has 0 saturated carbocycles. The molecule has 0 aliphatic carbocycles. The van der Waals surface area contributed by atoms with Gasteiger partial charge in [0.05, 0.1) is 14.2 Å². The van der Waals surface area contributed by atoms with Crippen LogP contribution in [0.15, 0.2) is 24.3 Å². The SMILES string of the molecule is COc1c(C(C)(C)C)cc(P(c2cc(C(C)(C)C)c(OC)c(C(C)(C)C)c2)C(C)(C)C)cc1C(C)(C)C. The highest BCUT2D eigenvalue weighted by molar-refractivity contribution is 7.74. The maximum atomic E-state index is 6.10. The van der Waals surface area contributed by atoms with Crippen molar-refractivity contribution in [1.82, 2.24) is 0 Å². The molecule has 0 N–H and O–H groups in total. The van der Waals surface area contributed by atoms with Crippen LogP contribution in [0.1, 0.15) is 126 Å². The highest BCUT2D eigenvalue weighted by Gasteiger charge is 2.36. The largest absolute Gasteiger partial charge is 0.496 e. The van der Waals surface area contributed by atoms with Crippen LogP contribution in [0, 0.1) is 0 Å². The van der Waals surface area contributed by atoms with Gasteiger partial charge in [-0.15, -0.1) is 0 Å². The molecular weight excluding hydrogens is 471 g/mol. The van der Waals surface area contributed by atoms with Crippen LogP contribution in [0.5, 0.6) is 11.5 Å². The van der Waals surface area contributed by atoms with E-state index in [4.69, 9.17) is 9.47 Å². The zero-order valence-corrected chi connectivity index (χ0v) is 28.0. The standard InChI is InChI=1S/C34H55O2P/c1-30(2,3)24-18-22(19-25(28(24)35-16)31(4,5)6)37(34(13,14)15)23-20-26(32(7,8)9)29(36-17)27(21-23)33(10,11)12/h18-21H,1-17H3. The van der Waals surface area contributed by atoms with Crippen LogP contribution >= 0.6 is 7.92 Å². The van der Waals surface area contributed by atoms with Crippen molar-refractivity contribution in [3.05, 3.63) is 46.5 Å². The Balaban J connectivity index is 3.11. The smallest absolute Gasteiger partial charge is 0.126 e. The van der Waals surface area contributed by atoms with E-state index in [2.05, 4.69) is 128 Å². The highest BCUT2D eigenvalue weighted by atomic mass is 31.1. The molecule has 0 aromatic heterocycles. The Morgan fingerprint density at radius 1 is 0.432 bits per heavy atom. The third-order valence-electron chi connectivity index (χ3n) is 6.97. The predicted molar refractivity (Wildman–Crippen MR) is 167 cm³/mol. The van der Waals surface area contributed by atoms with Gasteiger partial charge in [-0.3, -0.25) is 0 Å².